The lowest BCUT2D eigenvalue weighted by Crippen LogP contribution is -2.48. The highest BCUT2D eigenvalue weighted by Gasteiger charge is 2.58. The second-order valence-electron chi connectivity index (χ2n) is 7.44. The second kappa shape index (κ2) is 7.39. The number of aromatic nitrogens is 1. The van der Waals surface area contributed by atoms with Crippen molar-refractivity contribution in [3.63, 3.8) is 0 Å². The Morgan fingerprint density at radius 2 is 1.89 bits per heavy atom. The molecular weight excluding hydrogens is 377 g/mol. The molecule has 0 saturated heterocycles. The number of hydrogen-bond donors (Lipinski definition) is 1. The quantitative estimate of drug-likeness (QED) is 0.824. The number of amides is 1. The van der Waals surface area contributed by atoms with Gasteiger partial charge in [-0.05, 0) is 43.7 Å². The maximum atomic E-state index is 13.8. The molecule has 4 nitrogen and oxygen atoms in total. The van der Waals surface area contributed by atoms with Crippen molar-refractivity contribution in [1.82, 2.24) is 9.88 Å². The molecule has 0 aliphatic heterocycles. The van der Waals surface area contributed by atoms with Crippen molar-refractivity contribution in [2.75, 3.05) is 7.05 Å². The number of halogens is 3. The third-order valence-corrected chi connectivity index (χ3v) is 6.64. The number of carbonyl (C=O) groups is 1. The summed E-state index contributed by atoms with van der Waals surface area (Å²) in [5.74, 6) is -0.145. The van der Waals surface area contributed by atoms with Gasteiger partial charge in [0.2, 0.25) is 11.5 Å². The Bertz CT molecular complexity index is 782. The van der Waals surface area contributed by atoms with Gasteiger partial charge >= 0.3 is 6.18 Å². The van der Waals surface area contributed by atoms with Crippen LogP contribution in [-0.4, -0.2) is 40.2 Å². The van der Waals surface area contributed by atoms with Crippen LogP contribution < -0.4 is 0 Å². The summed E-state index contributed by atoms with van der Waals surface area (Å²) >= 11 is 0.769. The van der Waals surface area contributed by atoms with E-state index in [0.717, 1.165) is 37.0 Å². The van der Waals surface area contributed by atoms with E-state index in [0.29, 0.717) is 16.1 Å². The normalized spacial score (nSPS) is 23.2. The molecule has 1 fully saturated rings. The van der Waals surface area contributed by atoms with E-state index in [-0.39, 0.29) is 6.04 Å². The lowest BCUT2D eigenvalue weighted by Gasteiger charge is -2.36. The van der Waals surface area contributed by atoms with Crippen molar-refractivity contribution < 1.29 is 23.1 Å². The van der Waals surface area contributed by atoms with Crippen LogP contribution in [0.1, 0.15) is 44.0 Å². The second-order valence-corrected chi connectivity index (χ2v) is 8.47. The maximum Gasteiger partial charge on any atom is 0.424 e. The smallest absolute Gasteiger partial charge is 0.374 e. The van der Waals surface area contributed by atoms with Gasteiger partial charge in [0, 0.05) is 13.1 Å². The first-order chi connectivity index (χ1) is 12.6. The van der Waals surface area contributed by atoms with Gasteiger partial charge in [0.25, 0.3) is 0 Å². The molecule has 8 heteroatoms. The Labute approximate surface area is 160 Å². The molecular formula is C19H23F3N2O2S. The number of nitrogens with zero attached hydrogens (tertiary/aromatic N) is 2. The standard InChI is InChI=1S/C19H23F3N2O2S/c1-12-7-9-13(10-8-12)24(2)16(25)11-18(26,19(20,21)22)17-23-14-5-3-4-6-15(14)27-17/h3-6,12-13,26H,7-11H2,1-2H3. The van der Waals surface area contributed by atoms with Gasteiger partial charge in [0.1, 0.15) is 5.01 Å². The van der Waals surface area contributed by atoms with Crippen LogP contribution in [0.25, 0.3) is 10.2 Å². The first-order valence-electron chi connectivity index (χ1n) is 9.02. The van der Waals surface area contributed by atoms with E-state index in [2.05, 4.69) is 11.9 Å². The summed E-state index contributed by atoms with van der Waals surface area (Å²) in [4.78, 5) is 18.0. The lowest BCUT2D eigenvalue weighted by atomic mass is 9.86. The average Bonchev–Trinajstić information content (AvgIpc) is 3.05. The average molecular weight is 400 g/mol. The van der Waals surface area contributed by atoms with Gasteiger partial charge in [-0.2, -0.15) is 13.2 Å². The molecule has 1 aromatic heterocycles. The predicted molar refractivity (Wildman–Crippen MR) is 98.4 cm³/mol. The van der Waals surface area contributed by atoms with E-state index in [1.807, 2.05) is 0 Å². The summed E-state index contributed by atoms with van der Waals surface area (Å²) in [7, 11) is 1.53. The van der Waals surface area contributed by atoms with Gasteiger partial charge in [-0.3, -0.25) is 4.79 Å². The minimum Gasteiger partial charge on any atom is -0.374 e. The van der Waals surface area contributed by atoms with Crippen molar-refractivity contribution in [2.24, 2.45) is 5.92 Å². The molecule has 27 heavy (non-hydrogen) atoms. The molecule has 1 aromatic carbocycles. The Hall–Kier alpha value is -1.67. The first kappa shape index (κ1) is 20.1. The van der Waals surface area contributed by atoms with Gasteiger partial charge in [-0.25, -0.2) is 4.98 Å². The van der Waals surface area contributed by atoms with E-state index in [1.165, 1.54) is 11.9 Å². The maximum absolute atomic E-state index is 13.8. The minimum atomic E-state index is -5.00. The number of thiazole rings is 1. The molecule has 0 bridgehead atoms. The Morgan fingerprint density at radius 1 is 1.26 bits per heavy atom. The predicted octanol–water partition coefficient (Wildman–Crippen LogP) is 4.47. The Kier molecular flexibility index (Phi) is 5.49. The molecule has 0 spiro atoms. The van der Waals surface area contributed by atoms with Crippen molar-refractivity contribution in [3.05, 3.63) is 29.3 Å². The molecule has 0 radical (unpaired) electrons. The van der Waals surface area contributed by atoms with E-state index in [9.17, 15) is 23.1 Å². The number of rotatable bonds is 4. The zero-order valence-corrected chi connectivity index (χ0v) is 16.1. The number of hydrogen-bond acceptors (Lipinski definition) is 4. The minimum absolute atomic E-state index is 0.0819. The number of para-hydroxylation sites is 1. The fourth-order valence-corrected chi connectivity index (χ4v) is 4.60. The summed E-state index contributed by atoms with van der Waals surface area (Å²) in [6.07, 6.45) is -2.62. The van der Waals surface area contributed by atoms with Gasteiger partial charge in [-0.1, -0.05) is 19.1 Å². The number of benzene rings is 1. The van der Waals surface area contributed by atoms with Crippen LogP contribution in [0.3, 0.4) is 0 Å². The van der Waals surface area contributed by atoms with Crippen LogP contribution >= 0.6 is 11.3 Å². The first-order valence-corrected chi connectivity index (χ1v) is 9.84. The highest BCUT2D eigenvalue weighted by atomic mass is 32.1. The zero-order valence-electron chi connectivity index (χ0n) is 15.3. The largest absolute Gasteiger partial charge is 0.424 e. The number of alkyl halides is 3. The summed E-state index contributed by atoms with van der Waals surface area (Å²) in [5, 5.41) is 10.1. The molecule has 1 saturated carbocycles. The molecule has 1 aliphatic rings. The molecule has 2 aromatic rings. The van der Waals surface area contributed by atoms with E-state index >= 15 is 0 Å². The summed E-state index contributed by atoms with van der Waals surface area (Å²) in [6.45, 7) is 2.13. The van der Waals surface area contributed by atoms with Crippen LogP contribution in [0.15, 0.2) is 24.3 Å². The molecule has 1 amide bonds. The van der Waals surface area contributed by atoms with Crippen LogP contribution in [0.5, 0.6) is 0 Å². The van der Waals surface area contributed by atoms with Crippen LogP contribution in [-0.2, 0) is 10.4 Å². The lowest BCUT2D eigenvalue weighted by molar-refractivity contribution is -0.268. The fraction of sp³-hybridized carbons (Fsp3) is 0.579. The molecule has 3 rings (SSSR count). The number of aliphatic hydroxyl groups is 1. The van der Waals surface area contributed by atoms with E-state index < -0.39 is 29.1 Å². The molecule has 1 unspecified atom stereocenters. The summed E-state index contributed by atoms with van der Waals surface area (Å²) in [5.41, 5.74) is -2.91. The summed E-state index contributed by atoms with van der Waals surface area (Å²) < 4.78 is 41.9. The van der Waals surface area contributed by atoms with Gasteiger partial charge in [0.05, 0.1) is 16.6 Å². The van der Waals surface area contributed by atoms with Crippen molar-refractivity contribution >= 4 is 27.5 Å². The van der Waals surface area contributed by atoms with Gasteiger partial charge in [0.15, 0.2) is 0 Å². The zero-order chi connectivity index (χ0) is 19.8. The number of fused-ring (bicyclic) bond motifs is 1. The Balaban J connectivity index is 1.85. The van der Waals surface area contributed by atoms with E-state index in [1.54, 1.807) is 24.3 Å². The van der Waals surface area contributed by atoms with E-state index in [4.69, 9.17) is 0 Å². The molecule has 1 atom stereocenters. The topological polar surface area (TPSA) is 53.4 Å². The van der Waals surface area contributed by atoms with Crippen LogP contribution in [0.4, 0.5) is 13.2 Å². The highest BCUT2D eigenvalue weighted by molar-refractivity contribution is 7.18. The number of carbonyl (C=O) groups excluding carboxylic acids is 1. The molecule has 1 N–H and O–H groups in total. The SMILES string of the molecule is CC1CCC(N(C)C(=O)CC(O)(c2nc3ccccc3s2)C(F)(F)F)CC1. The van der Waals surface area contributed by atoms with Crippen LogP contribution in [0, 0.1) is 5.92 Å². The van der Waals surface area contributed by atoms with Gasteiger partial charge < -0.3 is 10.0 Å². The third kappa shape index (κ3) is 3.96. The highest BCUT2D eigenvalue weighted by Crippen LogP contribution is 2.44. The van der Waals surface area contributed by atoms with Crippen LogP contribution in [0.2, 0.25) is 0 Å². The van der Waals surface area contributed by atoms with Crippen molar-refractivity contribution in [2.45, 2.75) is 56.8 Å². The Morgan fingerprint density at radius 3 is 2.48 bits per heavy atom. The summed E-state index contributed by atoms with van der Waals surface area (Å²) in [6, 6.07) is 6.51. The molecule has 148 valence electrons. The molecule has 1 aliphatic carbocycles. The fourth-order valence-electron chi connectivity index (χ4n) is 3.52. The van der Waals surface area contributed by atoms with Crippen molar-refractivity contribution in [1.29, 1.82) is 0 Å². The third-order valence-electron chi connectivity index (χ3n) is 5.45. The van der Waals surface area contributed by atoms with Crippen molar-refractivity contribution in [3.8, 4) is 0 Å². The monoisotopic (exact) mass is 400 g/mol. The molecule has 1 heterocycles. The van der Waals surface area contributed by atoms with Gasteiger partial charge in [-0.15, -0.1) is 11.3 Å².